The fraction of sp³-hybridized carbons (Fsp3) is 0.154. The van der Waals surface area contributed by atoms with Crippen molar-refractivity contribution < 1.29 is 35.3 Å². The van der Waals surface area contributed by atoms with Crippen LogP contribution in [0.3, 0.4) is 0 Å². The van der Waals surface area contributed by atoms with Gasteiger partial charge in [-0.3, -0.25) is 11.4 Å². The molecule has 0 amide bonds. The molecule has 0 aliphatic heterocycles. The summed E-state index contributed by atoms with van der Waals surface area (Å²) in [5.41, 5.74) is 1.09. The molecule has 0 saturated heterocycles. The van der Waals surface area contributed by atoms with E-state index in [1.165, 1.54) is 0 Å². The molecule has 1 aromatic carbocycles. The summed E-state index contributed by atoms with van der Waals surface area (Å²) in [6.45, 7) is 4.98. The molecule has 0 heterocycles. The Hall–Kier alpha value is -1.34. The monoisotopic (exact) mass is 401 g/mol. The molecule has 1 aromatic rings. The zero-order valence-electron chi connectivity index (χ0n) is 9.51. The van der Waals surface area contributed by atoms with Crippen LogP contribution in [0.5, 0.6) is 5.75 Å². The van der Waals surface area contributed by atoms with E-state index < -0.39 is 5.97 Å². The first kappa shape index (κ1) is 15.7. The average molecular weight is 401 g/mol. The molecule has 0 radical (unpaired) electrons. The van der Waals surface area contributed by atoms with Crippen molar-refractivity contribution in [3.05, 3.63) is 48.6 Å². The van der Waals surface area contributed by atoms with Crippen LogP contribution in [0.25, 0.3) is 6.08 Å². The molecule has 0 unspecified atom stereocenters. The number of esters is 1. The number of rotatable bonds is 5. The van der Waals surface area contributed by atoms with Crippen LogP contribution >= 0.6 is 0 Å². The molecule has 0 aliphatic carbocycles. The molecular weight excluding hydrogens is 388 g/mol. The Bertz CT molecular complexity index is 382. The predicted molar refractivity (Wildman–Crippen MR) is 61.6 cm³/mol. The summed E-state index contributed by atoms with van der Waals surface area (Å²) in [5, 5.41) is 0. The maximum Gasteiger partial charge on any atom is 0.231 e. The second-order valence-corrected chi connectivity index (χ2v) is 2.94. The van der Waals surface area contributed by atoms with E-state index in [2.05, 4.69) is 17.4 Å². The van der Waals surface area contributed by atoms with E-state index in [1.807, 2.05) is 31.2 Å². The molecule has 0 saturated carbocycles. The molecule has 17 heavy (non-hydrogen) atoms. The van der Waals surface area contributed by atoms with Crippen LogP contribution in [0.4, 0.5) is 0 Å². The van der Waals surface area contributed by atoms with Crippen LogP contribution in [-0.4, -0.2) is 12.8 Å². The molecule has 1 rings (SSSR count). The molecule has 0 aliphatic rings. The van der Waals surface area contributed by atoms with Crippen molar-refractivity contribution in [3.8, 4) is 5.75 Å². The van der Waals surface area contributed by atoms with Gasteiger partial charge >= 0.3 is 0 Å². The van der Waals surface area contributed by atoms with Crippen molar-refractivity contribution in [2.45, 2.75) is 6.92 Å². The van der Waals surface area contributed by atoms with Crippen LogP contribution in [0, 0.1) is 6.08 Å². The van der Waals surface area contributed by atoms with E-state index in [1.54, 1.807) is 12.1 Å². The van der Waals surface area contributed by atoms with Gasteiger partial charge in [0.2, 0.25) is 6.79 Å². The topological polar surface area (TPSA) is 35.5 Å². The minimum absolute atomic E-state index is 0. The Morgan fingerprint density at radius 1 is 1.41 bits per heavy atom. The number of allylic oxidation sites excluding steroid dienone is 1. The van der Waals surface area contributed by atoms with Gasteiger partial charge in [0.1, 0.15) is 5.75 Å². The van der Waals surface area contributed by atoms with Gasteiger partial charge in [-0.1, -0.05) is 24.3 Å². The molecule has 0 N–H and O–H groups in total. The van der Waals surface area contributed by atoms with Crippen molar-refractivity contribution in [1.82, 2.24) is 0 Å². The van der Waals surface area contributed by atoms with Gasteiger partial charge in [0.15, 0.2) is 5.97 Å². The van der Waals surface area contributed by atoms with Crippen molar-refractivity contribution in [1.29, 1.82) is 0 Å². The maximum absolute atomic E-state index is 10.7. The van der Waals surface area contributed by atoms with Gasteiger partial charge in [0.25, 0.3) is 0 Å². The summed E-state index contributed by atoms with van der Waals surface area (Å²) >= 11 is 0. The molecule has 90 valence electrons. The third-order valence-electron chi connectivity index (χ3n) is 1.80. The van der Waals surface area contributed by atoms with Gasteiger partial charge < -0.3 is 15.5 Å². The van der Waals surface area contributed by atoms with Crippen LogP contribution in [0.2, 0.25) is 0 Å². The van der Waals surface area contributed by atoms with Gasteiger partial charge in [0.05, 0.1) is 0 Å². The summed E-state index contributed by atoms with van der Waals surface area (Å²) in [6.07, 6.45) is 6.02. The predicted octanol–water partition coefficient (Wildman–Crippen LogP) is 2.59. The fourth-order valence-corrected chi connectivity index (χ4v) is 1.07. The van der Waals surface area contributed by atoms with Gasteiger partial charge in [-0.25, -0.2) is 0 Å². The molecule has 0 bridgehead atoms. The van der Waals surface area contributed by atoms with E-state index >= 15 is 0 Å². The quantitative estimate of drug-likeness (QED) is 0.330. The summed E-state index contributed by atoms with van der Waals surface area (Å²) in [5.74, 6) is 0.0238. The number of carbonyl (C=O) groups is 1. The Labute approximate surface area is 115 Å². The molecule has 0 fully saturated rings. The summed E-state index contributed by atoms with van der Waals surface area (Å²) < 4.78 is 9.80. The molecule has 0 aromatic heterocycles. The van der Waals surface area contributed by atoms with Crippen molar-refractivity contribution in [2.75, 3.05) is 6.79 Å². The second-order valence-electron chi connectivity index (χ2n) is 2.94. The van der Waals surface area contributed by atoms with Crippen LogP contribution in [0.1, 0.15) is 12.5 Å². The van der Waals surface area contributed by atoms with Gasteiger partial charge in [-0.2, -0.15) is 0 Å². The molecule has 0 atom stereocenters. The first-order chi connectivity index (χ1) is 7.76. The minimum atomic E-state index is -0.620. The standard InChI is InChI=1S/C13H13O3.W/c1-3-5-11-6-8-12(9-7-11)15-10-16-13(14)4-2;/h3,5-9H,2,10H2,1H3;/q-1;. The molecule has 4 heteroatoms. The third-order valence-corrected chi connectivity index (χ3v) is 1.80. The second kappa shape index (κ2) is 8.77. The van der Waals surface area contributed by atoms with Crippen molar-refractivity contribution in [2.24, 2.45) is 0 Å². The number of carbonyl (C=O) groups excluding carboxylic acids is 1. The van der Waals surface area contributed by atoms with E-state index in [0.29, 0.717) is 5.75 Å². The normalized spacial score (nSPS) is 9.47. The Morgan fingerprint density at radius 3 is 2.59 bits per heavy atom. The Balaban J connectivity index is 0.00000256. The Kier molecular flexibility index (Phi) is 8.08. The first-order valence-electron chi connectivity index (χ1n) is 4.81. The maximum atomic E-state index is 10.7. The van der Waals surface area contributed by atoms with E-state index in [0.717, 1.165) is 5.56 Å². The fourth-order valence-electron chi connectivity index (χ4n) is 1.07. The van der Waals surface area contributed by atoms with E-state index in [9.17, 15) is 4.79 Å². The molecule has 3 nitrogen and oxygen atoms in total. The first-order valence-corrected chi connectivity index (χ1v) is 4.81. The summed E-state index contributed by atoms with van der Waals surface area (Å²) in [6, 6.07) is 7.44. The van der Waals surface area contributed by atoms with Gasteiger partial charge in [-0.05, 0) is 24.6 Å². The van der Waals surface area contributed by atoms with E-state index in [4.69, 9.17) is 4.74 Å². The number of ether oxygens (including phenoxy) is 2. The van der Waals surface area contributed by atoms with Crippen LogP contribution < -0.4 is 4.74 Å². The third kappa shape index (κ3) is 6.08. The molecular formula is C13H13O3W-. The zero-order valence-corrected chi connectivity index (χ0v) is 12.4. The summed E-state index contributed by atoms with van der Waals surface area (Å²) in [7, 11) is 0. The smallest absolute Gasteiger partial charge is 0.231 e. The van der Waals surface area contributed by atoms with Gasteiger partial charge in [0, 0.05) is 21.1 Å². The molecule has 0 spiro atoms. The SMILES string of the molecule is C=[C-]C(=O)OCOc1ccc(C=CC)cc1.[W]. The zero-order chi connectivity index (χ0) is 11.8. The number of hydrogen-bond acceptors (Lipinski definition) is 3. The van der Waals surface area contributed by atoms with Crippen molar-refractivity contribution in [3.63, 3.8) is 0 Å². The van der Waals surface area contributed by atoms with Gasteiger partial charge in [-0.15, -0.1) is 0 Å². The number of benzene rings is 1. The average Bonchev–Trinajstić information content (AvgIpc) is 2.31. The Morgan fingerprint density at radius 2 is 2.06 bits per heavy atom. The minimum Gasteiger partial charge on any atom is -0.457 e. The van der Waals surface area contributed by atoms with Crippen molar-refractivity contribution >= 4 is 12.0 Å². The summed E-state index contributed by atoms with van der Waals surface area (Å²) in [4.78, 5) is 10.7. The van der Waals surface area contributed by atoms with Crippen LogP contribution in [-0.2, 0) is 30.6 Å². The largest absolute Gasteiger partial charge is 0.457 e. The van der Waals surface area contributed by atoms with Crippen LogP contribution in [0.15, 0.2) is 36.9 Å². The van der Waals surface area contributed by atoms with E-state index in [-0.39, 0.29) is 27.9 Å². The number of hydrogen-bond donors (Lipinski definition) is 0.